The van der Waals surface area contributed by atoms with Crippen LogP contribution in [0.5, 0.6) is 5.75 Å². The number of rotatable bonds is 5. The molecule has 92 valence electrons. The van der Waals surface area contributed by atoms with Gasteiger partial charge < -0.3 is 4.74 Å². The van der Waals surface area contributed by atoms with Crippen LogP contribution in [0, 0.1) is 5.92 Å². The largest absolute Gasteiger partial charge is 0.492 e. The van der Waals surface area contributed by atoms with Gasteiger partial charge in [0.1, 0.15) is 5.75 Å². The predicted octanol–water partition coefficient (Wildman–Crippen LogP) is 3.19. The fourth-order valence-corrected chi connectivity index (χ4v) is 2.83. The highest BCUT2D eigenvalue weighted by molar-refractivity contribution is 7.99. The van der Waals surface area contributed by atoms with E-state index >= 15 is 0 Å². The summed E-state index contributed by atoms with van der Waals surface area (Å²) in [4.78, 5) is 12.1. The molecule has 0 saturated heterocycles. The minimum atomic E-state index is 0.189. The Morgan fingerprint density at radius 3 is 3.06 bits per heavy atom. The van der Waals surface area contributed by atoms with Crippen molar-refractivity contribution in [1.29, 1.82) is 0 Å². The maximum Gasteiger partial charge on any atom is 0.176 e. The topological polar surface area (TPSA) is 26.3 Å². The van der Waals surface area contributed by atoms with Gasteiger partial charge in [-0.05, 0) is 23.3 Å². The molecule has 0 N–H and O–H groups in total. The average molecular weight is 250 g/mol. The SMILES string of the molecule is CC(C)CSCC(=O)c1cccc2c1OCC2. The van der Waals surface area contributed by atoms with Crippen molar-refractivity contribution in [2.75, 3.05) is 18.1 Å². The Morgan fingerprint density at radius 2 is 2.29 bits per heavy atom. The van der Waals surface area contributed by atoms with Gasteiger partial charge in [0, 0.05) is 6.42 Å². The van der Waals surface area contributed by atoms with Crippen LogP contribution in [-0.2, 0) is 6.42 Å². The van der Waals surface area contributed by atoms with E-state index in [0.717, 1.165) is 23.5 Å². The Labute approximate surface area is 107 Å². The normalized spacial score (nSPS) is 13.6. The third kappa shape index (κ3) is 3.03. The number of para-hydroxylation sites is 1. The van der Waals surface area contributed by atoms with E-state index in [1.54, 1.807) is 11.8 Å². The number of fused-ring (bicyclic) bond motifs is 1. The molecular formula is C14H18O2S. The van der Waals surface area contributed by atoms with Gasteiger partial charge in [0.15, 0.2) is 5.78 Å². The van der Waals surface area contributed by atoms with Crippen LogP contribution < -0.4 is 4.74 Å². The number of ketones is 1. The molecule has 0 atom stereocenters. The van der Waals surface area contributed by atoms with Gasteiger partial charge in [-0.25, -0.2) is 0 Å². The van der Waals surface area contributed by atoms with Crippen molar-refractivity contribution in [2.45, 2.75) is 20.3 Å². The molecule has 0 aromatic heterocycles. The maximum absolute atomic E-state index is 12.1. The molecule has 0 saturated carbocycles. The molecule has 0 amide bonds. The Hall–Kier alpha value is -0.960. The van der Waals surface area contributed by atoms with Gasteiger partial charge >= 0.3 is 0 Å². The zero-order chi connectivity index (χ0) is 12.3. The zero-order valence-electron chi connectivity index (χ0n) is 10.4. The van der Waals surface area contributed by atoms with E-state index in [1.165, 1.54) is 5.56 Å². The minimum absolute atomic E-state index is 0.189. The van der Waals surface area contributed by atoms with Crippen molar-refractivity contribution in [3.05, 3.63) is 29.3 Å². The molecule has 0 aliphatic carbocycles. The van der Waals surface area contributed by atoms with E-state index in [0.29, 0.717) is 18.3 Å². The number of benzene rings is 1. The first-order valence-corrected chi connectivity index (χ1v) is 7.19. The molecule has 2 rings (SSSR count). The summed E-state index contributed by atoms with van der Waals surface area (Å²) in [5.41, 5.74) is 1.93. The first kappa shape index (κ1) is 12.5. The predicted molar refractivity (Wildman–Crippen MR) is 72.1 cm³/mol. The van der Waals surface area contributed by atoms with Crippen LogP contribution in [0.1, 0.15) is 29.8 Å². The van der Waals surface area contributed by atoms with Crippen LogP contribution in [0.25, 0.3) is 0 Å². The van der Waals surface area contributed by atoms with Gasteiger partial charge in [-0.2, -0.15) is 11.8 Å². The summed E-state index contributed by atoms with van der Waals surface area (Å²) in [6.45, 7) is 5.04. The summed E-state index contributed by atoms with van der Waals surface area (Å²) >= 11 is 1.70. The van der Waals surface area contributed by atoms with Gasteiger partial charge in [-0.3, -0.25) is 4.79 Å². The van der Waals surface area contributed by atoms with E-state index in [1.807, 2.05) is 18.2 Å². The lowest BCUT2D eigenvalue weighted by Crippen LogP contribution is -2.06. The van der Waals surface area contributed by atoms with E-state index in [9.17, 15) is 4.79 Å². The highest BCUT2D eigenvalue weighted by atomic mass is 32.2. The second-order valence-corrected chi connectivity index (χ2v) is 5.75. The Kier molecular flexibility index (Phi) is 4.11. The minimum Gasteiger partial charge on any atom is -0.492 e. The van der Waals surface area contributed by atoms with Crippen molar-refractivity contribution in [3.63, 3.8) is 0 Å². The third-order valence-corrected chi connectivity index (χ3v) is 4.07. The molecule has 1 aliphatic heterocycles. The first-order valence-electron chi connectivity index (χ1n) is 6.04. The highest BCUT2D eigenvalue weighted by Crippen LogP contribution is 2.30. The Bertz CT molecular complexity index is 413. The van der Waals surface area contributed by atoms with Gasteiger partial charge in [0.25, 0.3) is 0 Å². The van der Waals surface area contributed by atoms with Crippen LogP contribution in [0.2, 0.25) is 0 Å². The van der Waals surface area contributed by atoms with Crippen LogP contribution in [-0.4, -0.2) is 23.9 Å². The molecule has 0 fully saturated rings. The van der Waals surface area contributed by atoms with Crippen LogP contribution in [0.4, 0.5) is 0 Å². The summed E-state index contributed by atoms with van der Waals surface area (Å²) in [6.07, 6.45) is 0.926. The number of Topliss-reactive ketones (excluding diaryl/α,β-unsaturated/α-hetero) is 1. The van der Waals surface area contributed by atoms with Gasteiger partial charge in [0.05, 0.1) is 17.9 Å². The number of hydrogen-bond acceptors (Lipinski definition) is 3. The van der Waals surface area contributed by atoms with E-state index < -0.39 is 0 Å². The third-order valence-electron chi connectivity index (χ3n) is 2.70. The summed E-state index contributed by atoms with van der Waals surface area (Å²) in [5.74, 6) is 3.22. The monoisotopic (exact) mass is 250 g/mol. The summed E-state index contributed by atoms with van der Waals surface area (Å²) in [5, 5.41) is 0. The molecule has 1 heterocycles. The molecule has 0 bridgehead atoms. The van der Waals surface area contributed by atoms with Crippen molar-refractivity contribution >= 4 is 17.5 Å². The van der Waals surface area contributed by atoms with Crippen molar-refractivity contribution in [1.82, 2.24) is 0 Å². The number of hydrogen-bond donors (Lipinski definition) is 0. The van der Waals surface area contributed by atoms with E-state index in [-0.39, 0.29) is 5.78 Å². The fourth-order valence-electron chi connectivity index (χ4n) is 1.90. The fraction of sp³-hybridized carbons (Fsp3) is 0.500. The standard InChI is InChI=1S/C14H18O2S/c1-10(2)8-17-9-13(15)12-5-3-4-11-6-7-16-14(11)12/h3-5,10H,6-9H2,1-2H3. The zero-order valence-corrected chi connectivity index (χ0v) is 11.2. The summed E-state index contributed by atoms with van der Waals surface area (Å²) < 4.78 is 5.55. The van der Waals surface area contributed by atoms with Crippen molar-refractivity contribution in [2.24, 2.45) is 5.92 Å². The van der Waals surface area contributed by atoms with Crippen LogP contribution >= 0.6 is 11.8 Å². The molecule has 17 heavy (non-hydrogen) atoms. The Balaban J connectivity index is 2.02. The lowest BCUT2D eigenvalue weighted by atomic mass is 10.1. The number of carbonyl (C=O) groups excluding carboxylic acids is 1. The quantitative estimate of drug-likeness (QED) is 0.751. The Morgan fingerprint density at radius 1 is 1.47 bits per heavy atom. The molecule has 0 spiro atoms. The molecule has 1 aromatic rings. The molecular weight excluding hydrogens is 232 g/mol. The number of ether oxygens (including phenoxy) is 1. The van der Waals surface area contributed by atoms with Gasteiger partial charge in [-0.1, -0.05) is 26.0 Å². The molecule has 2 nitrogen and oxygen atoms in total. The second kappa shape index (κ2) is 5.58. The van der Waals surface area contributed by atoms with Crippen molar-refractivity contribution in [3.8, 4) is 5.75 Å². The molecule has 3 heteroatoms. The molecule has 0 radical (unpaired) electrons. The lowest BCUT2D eigenvalue weighted by Gasteiger charge is -2.07. The first-order chi connectivity index (χ1) is 8.18. The smallest absolute Gasteiger partial charge is 0.176 e. The number of carbonyl (C=O) groups is 1. The van der Waals surface area contributed by atoms with E-state index in [4.69, 9.17) is 4.74 Å². The van der Waals surface area contributed by atoms with Crippen LogP contribution in [0.3, 0.4) is 0 Å². The lowest BCUT2D eigenvalue weighted by molar-refractivity contribution is 0.101. The maximum atomic E-state index is 12.1. The second-order valence-electron chi connectivity index (χ2n) is 4.72. The summed E-state index contributed by atoms with van der Waals surface area (Å²) in [6, 6.07) is 5.87. The number of thioether (sulfide) groups is 1. The van der Waals surface area contributed by atoms with Gasteiger partial charge in [-0.15, -0.1) is 0 Å². The van der Waals surface area contributed by atoms with Gasteiger partial charge in [0.2, 0.25) is 0 Å². The van der Waals surface area contributed by atoms with Crippen LogP contribution in [0.15, 0.2) is 18.2 Å². The molecule has 1 aromatic carbocycles. The van der Waals surface area contributed by atoms with Crippen molar-refractivity contribution < 1.29 is 9.53 Å². The molecule has 0 unspecified atom stereocenters. The summed E-state index contributed by atoms with van der Waals surface area (Å²) in [7, 11) is 0. The van der Waals surface area contributed by atoms with E-state index in [2.05, 4.69) is 13.8 Å². The molecule has 1 aliphatic rings. The highest BCUT2D eigenvalue weighted by Gasteiger charge is 2.20. The average Bonchev–Trinajstić information content (AvgIpc) is 2.75.